The average Bonchev–Trinajstić information content (AvgIpc) is 3.34. The van der Waals surface area contributed by atoms with Crippen LogP contribution in [0, 0.1) is 6.92 Å². The van der Waals surface area contributed by atoms with Crippen LogP contribution in [0.1, 0.15) is 56.7 Å². The molecule has 8 nitrogen and oxygen atoms in total. The Morgan fingerprint density at radius 1 is 1.20 bits per heavy atom. The van der Waals surface area contributed by atoms with Crippen molar-refractivity contribution in [1.29, 1.82) is 0 Å². The van der Waals surface area contributed by atoms with Gasteiger partial charge in [0, 0.05) is 24.0 Å². The number of imidazole rings is 1. The van der Waals surface area contributed by atoms with Gasteiger partial charge in [0.1, 0.15) is 11.2 Å². The maximum absolute atomic E-state index is 13.7. The van der Waals surface area contributed by atoms with Crippen molar-refractivity contribution in [3.05, 3.63) is 75.5 Å². The molecule has 5 rings (SSSR count). The highest BCUT2D eigenvalue weighted by atomic mass is 32.1. The van der Waals surface area contributed by atoms with Gasteiger partial charge in [0.2, 0.25) is 5.91 Å². The summed E-state index contributed by atoms with van der Waals surface area (Å²) in [6.07, 6.45) is 3.92. The van der Waals surface area contributed by atoms with Crippen molar-refractivity contribution < 1.29 is 14.4 Å². The first-order chi connectivity index (χ1) is 16.9. The number of rotatable bonds is 8. The van der Waals surface area contributed by atoms with Crippen molar-refractivity contribution in [2.45, 2.75) is 57.8 Å². The predicted molar refractivity (Wildman–Crippen MR) is 133 cm³/mol. The second-order valence-electron chi connectivity index (χ2n) is 9.51. The van der Waals surface area contributed by atoms with Crippen LogP contribution in [0.25, 0.3) is 0 Å². The van der Waals surface area contributed by atoms with Gasteiger partial charge in [-0.2, -0.15) is 0 Å². The summed E-state index contributed by atoms with van der Waals surface area (Å²) in [5.41, 5.74) is 1.44. The van der Waals surface area contributed by atoms with Crippen molar-refractivity contribution >= 4 is 29.1 Å². The Balaban J connectivity index is 1.34. The van der Waals surface area contributed by atoms with E-state index >= 15 is 0 Å². The Hall–Kier alpha value is -3.46. The summed E-state index contributed by atoms with van der Waals surface area (Å²) in [6, 6.07) is 12.0. The highest BCUT2D eigenvalue weighted by molar-refractivity contribution is 7.09. The summed E-state index contributed by atoms with van der Waals surface area (Å²) in [5, 5.41) is 7.91. The summed E-state index contributed by atoms with van der Waals surface area (Å²) < 4.78 is 1.65. The van der Waals surface area contributed by atoms with Crippen LogP contribution in [0.2, 0.25) is 0 Å². The fourth-order valence-electron chi connectivity index (χ4n) is 4.75. The zero-order chi connectivity index (χ0) is 24.6. The van der Waals surface area contributed by atoms with Crippen molar-refractivity contribution in [2.75, 3.05) is 6.54 Å². The van der Waals surface area contributed by atoms with Crippen LogP contribution >= 0.6 is 11.3 Å². The van der Waals surface area contributed by atoms with E-state index in [1.54, 1.807) is 27.7 Å². The number of nitrogens with one attached hydrogen (secondary N) is 2. The first kappa shape index (κ1) is 23.3. The number of aryl methyl sites for hydroxylation is 1. The fraction of sp³-hybridized carbons (Fsp3) is 0.385. The van der Waals surface area contributed by atoms with E-state index < -0.39 is 5.54 Å². The fourth-order valence-corrected chi connectivity index (χ4v) is 5.46. The largest absolute Gasteiger partial charge is 0.350 e. The molecule has 2 aliphatic rings. The zero-order valence-electron chi connectivity index (χ0n) is 19.9. The summed E-state index contributed by atoms with van der Waals surface area (Å²) in [7, 11) is 0. The number of hydrogen-bond acceptors (Lipinski definition) is 5. The molecule has 1 aliphatic heterocycles. The average molecular weight is 492 g/mol. The third kappa shape index (κ3) is 4.60. The minimum Gasteiger partial charge on any atom is -0.350 e. The number of hydrogen-bond donors (Lipinski definition) is 2. The predicted octanol–water partition coefficient (Wildman–Crippen LogP) is 2.92. The molecule has 0 saturated heterocycles. The molecule has 1 saturated carbocycles. The van der Waals surface area contributed by atoms with Crippen molar-refractivity contribution in [3.8, 4) is 0 Å². The lowest BCUT2D eigenvalue weighted by atomic mass is 9.93. The van der Waals surface area contributed by atoms with Crippen LogP contribution in [-0.2, 0) is 24.3 Å². The third-order valence-electron chi connectivity index (χ3n) is 6.66. The maximum Gasteiger partial charge on any atom is 0.274 e. The van der Waals surface area contributed by atoms with E-state index in [4.69, 9.17) is 0 Å². The molecule has 1 atom stereocenters. The van der Waals surface area contributed by atoms with Crippen LogP contribution in [-0.4, -0.2) is 50.3 Å². The number of benzene rings is 1. The van der Waals surface area contributed by atoms with E-state index in [1.165, 1.54) is 11.2 Å². The Morgan fingerprint density at radius 2 is 2.03 bits per heavy atom. The molecule has 0 radical (unpaired) electrons. The molecule has 0 bridgehead atoms. The molecular weight excluding hydrogens is 462 g/mol. The smallest absolute Gasteiger partial charge is 0.274 e. The van der Waals surface area contributed by atoms with Crippen LogP contribution in [0.4, 0.5) is 0 Å². The zero-order valence-corrected chi connectivity index (χ0v) is 20.7. The maximum atomic E-state index is 13.7. The van der Waals surface area contributed by atoms with Gasteiger partial charge in [0.05, 0.1) is 12.9 Å². The lowest BCUT2D eigenvalue weighted by Gasteiger charge is -2.44. The minimum atomic E-state index is -1.07. The molecule has 9 heteroatoms. The molecule has 1 aromatic carbocycles. The van der Waals surface area contributed by atoms with Gasteiger partial charge in [-0.1, -0.05) is 35.9 Å². The lowest BCUT2D eigenvalue weighted by Crippen LogP contribution is -2.64. The van der Waals surface area contributed by atoms with E-state index in [2.05, 4.69) is 15.6 Å². The van der Waals surface area contributed by atoms with Gasteiger partial charge in [0.15, 0.2) is 5.69 Å². The Bertz CT molecular complexity index is 1260. The van der Waals surface area contributed by atoms with Gasteiger partial charge in [-0.15, -0.1) is 11.3 Å². The van der Waals surface area contributed by atoms with E-state index in [0.717, 1.165) is 30.4 Å². The molecular formula is C26H29N5O3S. The number of carbonyl (C=O) groups is 3. The second-order valence-corrected chi connectivity index (χ2v) is 10.5. The van der Waals surface area contributed by atoms with Gasteiger partial charge in [0.25, 0.3) is 11.8 Å². The molecule has 2 N–H and O–H groups in total. The summed E-state index contributed by atoms with van der Waals surface area (Å²) in [5.74, 6) is -0.889. The number of nitrogens with zero attached hydrogens (tertiary/aromatic N) is 3. The van der Waals surface area contributed by atoms with Gasteiger partial charge in [-0.25, -0.2) is 4.98 Å². The first-order valence-electron chi connectivity index (χ1n) is 11.9. The van der Waals surface area contributed by atoms with Gasteiger partial charge in [-0.3, -0.25) is 14.4 Å². The van der Waals surface area contributed by atoms with Crippen LogP contribution in [0.5, 0.6) is 0 Å². The third-order valence-corrected chi connectivity index (χ3v) is 7.59. The normalized spacial score (nSPS) is 19.4. The lowest BCUT2D eigenvalue weighted by molar-refractivity contribution is -0.133. The van der Waals surface area contributed by atoms with Gasteiger partial charge in [-0.05, 0) is 50.1 Å². The Morgan fingerprint density at radius 3 is 2.74 bits per heavy atom. The number of thiophene rings is 1. The Kier molecular flexibility index (Phi) is 6.19. The number of fused-ring (bicyclic) bond motifs is 1. The van der Waals surface area contributed by atoms with E-state index in [-0.39, 0.29) is 41.7 Å². The van der Waals surface area contributed by atoms with E-state index in [9.17, 15) is 14.4 Å². The van der Waals surface area contributed by atoms with Crippen LogP contribution < -0.4 is 10.6 Å². The molecule has 3 amide bonds. The number of aromatic nitrogens is 2. The van der Waals surface area contributed by atoms with Gasteiger partial charge < -0.3 is 20.1 Å². The molecule has 182 valence electrons. The minimum absolute atomic E-state index is 0.00407. The van der Waals surface area contributed by atoms with Crippen molar-refractivity contribution in [2.24, 2.45) is 0 Å². The summed E-state index contributed by atoms with van der Waals surface area (Å²) in [4.78, 5) is 47.2. The number of amides is 3. The highest BCUT2D eigenvalue weighted by Gasteiger charge is 2.53. The van der Waals surface area contributed by atoms with Crippen molar-refractivity contribution in [1.82, 2.24) is 25.1 Å². The standard InChI is InChI=1S/C26H29N5O3S/c1-17-5-3-6-18(13-17)14-28-25(34)26(2)15-30-16-29-21(22(30)24(33)31(26)19-8-9-19)23(32)27-11-10-20-7-4-12-35-20/h3-7,12-13,16,19H,8-11,14-15H2,1-2H3,(H,27,32)(H,28,34)/t26-/m1/s1. The monoisotopic (exact) mass is 491 g/mol. The summed E-state index contributed by atoms with van der Waals surface area (Å²) >= 11 is 1.64. The summed E-state index contributed by atoms with van der Waals surface area (Å²) in [6.45, 7) is 4.92. The molecule has 3 heterocycles. The SMILES string of the molecule is Cc1cccc(CNC(=O)[C@@]2(C)Cn3cnc(C(=O)NCCc4cccs4)c3C(=O)N2C2CC2)c1. The molecule has 1 aliphatic carbocycles. The van der Waals surface area contributed by atoms with Gasteiger partial charge >= 0.3 is 0 Å². The van der Waals surface area contributed by atoms with Crippen molar-refractivity contribution in [3.63, 3.8) is 0 Å². The molecule has 2 aromatic heterocycles. The second kappa shape index (κ2) is 9.30. The molecule has 1 fully saturated rings. The molecule has 0 spiro atoms. The topological polar surface area (TPSA) is 96.3 Å². The molecule has 35 heavy (non-hydrogen) atoms. The molecule has 0 unspecified atom stereocenters. The number of carbonyl (C=O) groups excluding carboxylic acids is 3. The van der Waals surface area contributed by atoms with Crippen LogP contribution in [0.15, 0.2) is 48.1 Å². The van der Waals surface area contributed by atoms with Crippen LogP contribution in [0.3, 0.4) is 0 Å². The quantitative estimate of drug-likeness (QED) is 0.506. The Labute approximate surface area is 208 Å². The molecule has 3 aromatic rings. The van der Waals surface area contributed by atoms with E-state index in [0.29, 0.717) is 13.1 Å². The van der Waals surface area contributed by atoms with E-state index in [1.807, 2.05) is 48.7 Å². The highest BCUT2D eigenvalue weighted by Crippen LogP contribution is 2.38. The first-order valence-corrected chi connectivity index (χ1v) is 12.8.